The molecule has 8 heterocycles. The van der Waals surface area contributed by atoms with E-state index in [1.54, 1.807) is 128 Å². The second-order valence-corrected chi connectivity index (χ2v) is 23.5. The number of aromatic nitrogens is 10. The van der Waals surface area contributed by atoms with Crippen molar-refractivity contribution >= 4 is 82.9 Å². The maximum atomic E-state index is 13.7. The number of imidazole rings is 2. The van der Waals surface area contributed by atoms with Crippen molar-refractivity contribution < 1.29 is 45.3 Å². The monoisotopic (exact) mass is 1210 g/mol. The highest BCUT2D eigenvalue weighted by atomic mass is 35.5. The van der Waals surface area contributed by atoms with E-state index in [1.165, 1.54) is 63.6 Å². The summed E-state index contributed by atoms with van der Waals surface area (Å²) in [5.41, 5.74) is 3.80. The molecular formula is C58H63ClN14O10S2. The molecular weight excluding hydrogens is 1150 g/mol. The Balaban J connectivity index is 0.000000175. The van der Waals surface area contributed by atoms with Crippen LogP contribution in [0.4, 0.5) is 29.2 Å². The van der Waals surface area contributed by atoms with E-state index in [9.17, 15) is 16.8 Å². The number of aryl methyl sites for hydroxylation is 2. The summed E-state index contributed by atoms with van der Waals surface area (Å²) in [5, 5.41) is 10.5. The van der Waals surface area contributed by atoms with Crippen LogP contribution < -0.4 is 49.3 Å². The molecule has 6 aromatic heterocycles. The summed E-state index contributed by atoms with van der Waals surface area (Å²) in [4.78, 5) is 29.3. The number of hydrogen-bond acceptors (Lipinski definition) is 20. The van der Waals surface area contributed by atoms with Crippen LogP contribution in [0.15, 0.2) is 132 Å². The van der Waals surface area contributed by atoms with Crippen molar-refractivity contribution in [3.63, 3.8) is 0 Å². The molecule has 2 aliphatic heterocycles. The summed E-state index contributed by atoms with van der Waals surface area (Å²) in [7, 11) is 1.48. The van der Waals surface area contributed by atoms with Gasteiger partial charge in [0.25, 0.3) is 20.0 Å². The summed E-state index contributed by atoms with van der Waals surface area (Å²) in [6, 6.07) is 23.8. The normalized spacial score (nSPS) is 13.2. The average Bonchev–Trinajstić information content (AvgIpc) is 4.11. The molecule has 85 heavy (non-hydrogen) atoms. The molecule has 2 fully saturated rings. The van der Waals surface area contributed by atoms with Crippen molar-refractivity contribution in [1.29, 1.82) is 0 Å². The quantitative estimate of drug-likeness (QED) is 0.0717. The molecule has 0 bridgehead atoms. The van der Waals surface area contributed by atoms with Crippen molar-refractivity contribution in [1.82, 2.24) is 52.3 Å². The Morgan fingerprint density at radius 2 is 0.929 bits per heavy atom. The molecule has 2 saturated heterocycles. The number of ether oxygens (including phenoxy) is 6. The molecule has 0 aliphatic carbocycles. The Morgan fingerprint density at radius 3 is 1.32 bits per heavy atom. The molecule has 27 heteroatoms. The maximum Gasteiger partial charge on any atom is 0.269 e. The van der Waals surface area contributed by atoms with Gasteiger partial charge in [0.2, 0.25) is 22.7 Å². The lowest BCUT2D eigenvalue weighted by atomic mass is 10.2. The lowest BCUT2D eigenvalue weighted by Crippen LogP contribution is -2.21. The van der Waals surface area contributed by atoms with E-state index in [4.69, 9.17) is 50.0 Å². The number of halogens is 1. The zero-order valence-electron chi connectivity index (χ0n) is 47.9. The van der Waals surface area contributed by atoms with E-state index in [1.807, 2.05) is 26.0 Å². The van der Waals surface area contributed by atoms with Crippen LogP contribution >= 0.6 is 11.6 Å². The SMILES string of the molecule is C1CCNC1.COc1cc(-n2cnc(Nc3nc(Cl)nc4c3ccn4S(=O)(=O)c3ccc(C)cc3)c2)cc(OC)c1OC.COc1cc(-n2cnc(Nc3nc(N4CCCC4)nc4c3ccn4S(=O)(=O)c3ccc(C)cc3)c2)cc(OC)c1OC. The Morgan fingerprint density at radius 1 is 0.518 bits per heavy atom. The highest BCUT2D eigenvalue weighted by molar-refractivity contribution is 7.90. The molecule has 0 atom stereocenters. The summed E-state index contributed by atoms with van der Waals surface area (Å²) in [6.07, 6.45) is 14.5. The second-order valence-electron chi connectivity index (χ2n) is 19.5. The number of hydrogen-bond donors (Lipinski definition) is 3. The van der Waals surface area contributed by atoms with Crippen LogP contribution in [-0.2, 0) is 20.0 Å². The summed E-state index contributed by atoms with van der Waals surface area (Å²) >= 11 is 6.20. The Hall–Kier alpha value is -9.11. The third kappa shape index (κ3) is 12.4. The fraction of sp³-hybridized carbons (Fsp3) is 0.276. The van der Waals surface area contributed by atoms with Crippen LogP contribution in [0.1, 0.15) is 36.8 Å². The average molecular weight is 1220 g/mol. The highest BCUT2D eigenvalue weighted by Gasteiger charge is 2.27. The van der Waals surface area contributed by atoms with Crippen molar-refractivity contribution in [3.05, 3.63) is 139 Å². The first-order valence-electron chi connectivity index (χ1n) is 26.8. The largest absolute Gasteiger partial charge is 0.493 e. The number of benzene rings is 4. The van der Waals surface area contributed by atoms with E-state index in [0.717, 1.165) is 46.7 Å². The minimum absolute atomic E-state index is 0.122. The smallest absolute Gasteiger partial charge is 0.269 e. The second kappa shape index (κ2) is 25.4. The summed E-state index contributed by atoms with van der Waals surface area (Å²) < 4.78 is 92.5. The topological polar surface area (TPSA) is 260 Å². The molecule has 2 aliphatic rings. The molecule has 3 N–H and O–H groups in total. The first-order valence-corrected chi connectivity index (χ1v) is 30.1. The van der Waals surface area contributed by atoms with Gasteiger partial charge in [0.15, 0.2) is 34.3 Å². The minimum Gasteiger partial charge on any atom is -0.493 e. The predicted octanol–water partition coefficient (Wildman–Crippen LogP) is 9.49. The van der Waals surface area contributed by atoms with E-state index < -0.39 is 20.0 Å². The van der Waals surface area contributed by atoms with Crippen molar-refractivity contribution in [3.8, 4) is 45.9 Å². The molecule has 4 aromatic carbocycles. The first kappa shape index (κ1) is 59.1. The molecule has 0 unspecified atom stereocenters. The standard InChI is InChI=1S/C29H31N7O5S.C25H23ClN6O5S.C4H9N/c1-19-7-9-21(10-8-19)42(37,38)36-14-11-22-27(32-29(33-28(22)36)34-12-5-6-13-34)31-25-17-35(18-30-25)20-15-23(39-2)26(41-4)24(16-20)40-3;1-15-5-7-17(8-6-15)38(33,34)32-10-9-18-23(29-25(26)30-24(18)32)28-21-13-31(14-27-21)16-11-19(35-2)22(37-4)20(12-16)36-3;1-2-4-5-3-1/h7-11,14-18H,5-6,12-13H2,1-4H3,(H,31,32,33);5-14H,1-4H3,(H,28,29,30);5H,1-4H2. The van der Waals surface area contributed by atoms with Gasteiger partial charge in [-0.05, 0) is 101 Å². The molecule has 0 amide bonds. The minimum atomic E-state index is -3.91. The van der Waals surface area contributed by atoms with Crippen LogP contribution in [0, 0.1) is 13.8 Å². The fourth-order valence-corrected chi connectivity index (χ4v) is 12.3. The Labute approximate surface area is 496 Å². The predicted molar refractivity (Wildman–Crippen MR) is 324 cm³/mol. The van der Waals surface area contributed by atoms with Crippen molar-refractivity contribution in [2.24, 2.45) is 0 Å². The number of nitrogens with one attached hydrogen (secondary N) is 3. The summed E-state index contributed by atoms with van der Waals surface area (Å²) in [5.74, 6) is 5.13. The van der Waals surface area contributed by atoms with Gasteiger partial charge in [-0.25, -0.2) is 34.7 Å². The van der Waals surface area contributed by atoms with Gasteiger partial charge in [-0.1, -0.05) is 35.4 Å². The van der Waals surface area contributed by atoms with Crippen LogP contribution in [0.3, 0.4) is 0 Å². The highest BCUT2D eigenvalue weighted by Crippen LogP contribution is 2.41. The zero-order chi connectivity index (χ0) is 60.0. The Bertz CT molecular complexity index is 4180. The van der Waals surface area contributed by atoms with Crippen LogP contribution in [-0.4, -0.2) is 133 Å². The lowest BCUT2D eigenvalue weighted by molar-refractivity contribution is 0.324. The molecule has 0 radical (unpaired) electrons. The van der Waals surface area contributed by atoms with Gasteiger partial charge in [0, 0.05) is 49.7 Å². The van der Waals surface area contributed by atoms with E-state index in [0.29, 0.717) is 85.8 Å². The number of methoxy groups -OCH3 is 6. The first-order chi connectivity index (χ1) is 41.1. The van der Waals surface area contributed by atoms with E-state index >= 15 is 0 Å². The number of rotatable bonds is 17. The van der Waals surface area contributed by atoms with Gasteiger partial charge in [0.05, 0.1) is 87.0 Å². The van der Waals surface area contributed by atoms with Crippen LogP contribution in [0.25, 0.3) is 33.4 Å². The van der Waals surface area contributed by atoms with Crippen molar-refractivity contribution in [2.45, 2.75) is 49.3 Å². The summed E-state index contributed by atoms with van der Waals surface area (Å²) in [6.45, 7) is 7.89. The molecule has 12 rings (SSSR count). The van der Waals surface area contributed by atoms with Gasteiger partial charge in [-0.3, -0.25) is 0 Å². The van der Waals surface area contributed by atoms with E-state index in [2.05, 4.69) is 40.8 Å². The molecule has 0 spiro atoms. The fourth-order valence-electron chi connectivity index (χ4n) is 9.59. The molecule has 0 saturated carbocycles. The van der Waals surface area contributed by atoms with Crippen LogP contribution in [0.2, 0.25) is 5.28 Å². The Kier molecular flexibility index (Phi) is 17.6. The molecule has 24 nitrogen and oxygen atoms in total. The lowest BCUT2D eigenvalue weighted by Gasteiger charge is -2.17. The van der Waals surface area contributed by atoms with Gasteiger partial charge >= 0.3 is 0 Å². The third-order valence-corrected chi connectivity index (χ3v) is 17.6. The van der Waals surface area contributed by atoms with E-state index in [-0.39, 0.29) is 20.7 Å². The third-order valence-electron chi connectivity index (χ3n) is 14.0. The number of nitrogens with zero attached hydrogens (tertiary/aromatic N) is 11. The van der Waals surface area contributed by atoms with Gasteiger partial charge in [-0.2, -0.15) is 19.9 Å². The number of fused-ring (bicyclic) bond motifs is 2. The molecule has 10 aromatic rings. The van der Waals surface area contributed by atoms with Crippen molar-refractivity contribution in [2.75, 3.05) is 84.4 Å². The van der Waals surface area contributed by atoms with Crippen LogP contribution in [0.5, 0.6) is 34.5 Å². The van der Waals surface area contributed by atoms with Gasteiger partial charge in [-0.15, -0.1) is 0 Å². The maximum absolute atomic E-state index is 13.7. The zero-order valence-corrected chi connectivity index (χ0v) is 50.3. The van der Waals surface area contributed by atoms with Gasteiger partial charge in [0.1, 0.15) is 35.9 Å². The number of anilines is 5. The van der Waals surface area contributed by atoms with Gasteiger partial charge < -0.3 is 58.4 Å². The molecule has 444 valence electrons.